The normalized spacial score (nSPS) is 12.4. The first kappa shape index (κ1) is 10.6. The van der Waals surface area contributed by atoms with Gasteiger partial charge in [-0.3, -0.25) is 5.32 Å². The van der Waals surface area contributed by atoms with E-state index < -0.39 is 0 Å². The molecule has 1 aromatic rings. The minimum absolute atomic E-state index is 0.341. The molecule has 70 valence electrons. The molecular weight excluding hydrogens is 202 g/mol. The fourth-order valence-corrected chi connectivity index (χ4v) is 2.36. The summed E-state index contributed by atoms with van der Waals surface area (Å²) in [7, 11) is 0. The van der Waals surface area contributed by atoms with Gasteiger partial charge in [-0.1, -0.05) is 24.4 Å². The van der Waals surface area contributed by atoms with E-state index >= 15 is 0 Å². The highest BCUT2D eigenvalue weighted by atomic mass is 35.5. The molecule has 0 radical (unpaired) electrons. The lowest BCUT2D eigenvalue weighted by molar-refractivity contribution is 0.564. The maximum Gasteiger partial charge on any atom is 0.0931 e. The van der Waals surface area contributed by atoms with E-state index in [0.29, 0.717) is 12.6 Å². The molecule has 0 aliphatic rings. The molecule has 3 heteroatoms. The summed E-state index contributed by atoms with van der Waals surface area (Å²) in [5, 5.41) is 3.26. The van der Waals surface area contributed by atoms with Crippen molar-refractivity contribution in [2.75, 3.05) is 6.54 Å². The Balaban J connectivity index is 2.62. The molecule has 1 nitrogen and oxygen atoms in total. The van der Waals surface area contributed by atoms with E-state index in [1.165, 1.54) is 4.88 Å². The van der Waals surface area contributed by atoms with Crippen LogP contribution < -0.4 is 5.32 Å². The van der Waals surface area contributed by atoms with Crippen LogP contribution in [0.3, 0.4) is 0 Å². The van der Waals surface area contributed by atoms with Gasteiger partial charge in [-0.15, -0.1) is 17.8 Å². The van der Waals surface area contributed by atoms with Crippen molar-refractivity contribution in [3.05, 3.63) is 21.3 Å². The molecule has 0 aliphatic heterocycles. The Kier molecular flexibility index (Phi) is 4.31. The van der Waals surface area contributed by atoms with Crippen LogP contribution in [0, 0.1) is 12.3 Å². The van der Waals surface area contributed by atoms with Gasteiger partial charge in [0.1, 0.15) is 0 Å². The SMILES string of the molecule is C#CCNC(CC)c1ccc(Cl)s1. The molecule has 0 aromatic carbocycles. The van der Waals surface area contributed by atoms with E-state index in [-0.39, 0.29) is 0 Å². The molecule has 1 heterocycles. The van der Waals surface area contributed by atoms with Crippen LogP contribution in [0.1, 0.15) is 24.3 Å². The third-order valence-corrected chi connectivity index (χ3v) is 3.14. The fourth-order valence-electron chi connectivity index (χ4n) is 1.14. The zero-order valence-corrected chi connectivity index (χ0v) is 9.08. The van der Waals surface area contributed by atoms with E-state index in [2.05, 4.69) is 18.2 Å². The molecule has 0 saturated carbocycles. The summed E-state index contributed by atoms with van der Waals surface area (Å²) in [6.45, 7) is 2.73. The molecule has 0 saturated heterocycles. The second-order valence-electron chi connectivity index (χ2n) is 2.69. The Bertz CT molecular complexity index is 300. The van der Waals surface area contributed by atoms with Crippen LogP contribution in [-0.2, 0) is 0 Å². The molecule has 1 atom stereocenters. The van der Waals surface area contributed by atoms with Gasteiger partial charge in [0.05, 0.1) is 10.9 Å². The Morgan fingerprint density at radius 2 is 2.46 bits per heavy atom. The molecule has 1 rings (SSSR count). The highest BCUT2D eigenvalue weighted by Gasteiger charge is 2.09. The quantitative estimate of drug-likeness (QED) is 0.759. The van der Waals surface area contributed by atoms with E-state index in [0.717, 1.165) is 10.8 Å². The van der Waals surface area contributed by atoms with Crippen molar-refractivity contribution in [1.29, 1.82) is 0 Å². The number of halogens is 1. The molecular formula is C10H12ClNS. The first-order valence-corrected chi connectivity index (χ1v) is 5.39. The first-order chi connectivity index (χ1) is 6.27. The number of nitrogens with one attached hydrogen (secondary N) is 1. The van der Waals surface area contributed by atoms with Gasteiger partial charge in [-0.2, -0.15) is 0 Å². The predicted molar refractivity (Wildman–Crippen MR) is 59.2 cm³/mol. The van der Waals surface area contributed by atoms with Crippen molar-refractivity contribution in [1.82, 2.24) is 5.32 Å². The second-order valence-corrected chi connectivity index (χ2v) is 4.43. The number of hydrogen-bond donors (Lipinski definition) is 1. The van der Waals surface area contributed by atoms with Crippen LogP contribution in [0.2, 0.25) is 4.34 Å². The highest BCUT2D eigenvalue weighted by molar-refractivity contribution is 7.16. The summed E-state index contributed by atoms with van der Waals surface area (Å²) in [6, 6.07) is 4.31. The Morgan fingerprint density at radius 3 is 2.92 bits per heavy atom. The molecule has 1 N–H and O–H groups in total. The maximum absolute atomic E-state index is 5.85. The molecule has 0 aliphatic carbocycles. The lowest BCUT2D eigenvalue weighted by Crippen LogP contribution is -2.19. The first-order valence-electron chi connectivity index (χ1n) is 4.20. The summed E-state index contributed by atoms with van der Waals surface area (Å²) >= 11 is 7.45. The summed E-state index contributed by atoms with van der Waals surface area (Å²) in [6.07, 6.45) is 6.21. The Morgan fingerprint density at radius 1 is 1.69 bits per heavy atom. The minimum atomic E-state index is 0.341. The summed E-state index contributed by atoms with van der Waals surface area (Å²) in [4.78, 5) is 1.25. The lowest BCUT2D eigenvalue weighted by atomic mass is 10.2. The fraction of sp³-hybridized carbons (Fsp3) is 0.400. The lowest BCUT2D eigenvalue weighted by Gasteiger charge is -2.12. The van der Waals surface area contributed by atoms with E-state index in [1.54, 1.807) is 11.3 Å². The third kappa shape index (κ3) is 3.04. The van der Waals surface area contributed by atoms with Gasteiger partial charge in [0.25, 0.3) is 0 Å². The van der Waals surface area contributed by atoms with Crippen molar-refractivity contribution in [2.45, 2.75) is 19.4 Å². The topological polar surface area (TPSA) is 12.0 Å². The standard InChI is InChI=1S/C10H12ClNS/c1-3-7-12-8(4-2)9-5-6-10(11)13-9/h1,5-6,8,12H,4,7H2,2H3. The van der Waals surface area contributed by atoms with E-state index in [1.807, 2.05) is 12.1 Å². The molecule has 1 aromatic heterocycles. The monoisotopic (exact) mass is 213 g/mol. The van der Waals surface area contributed by atoms with Crippen molar-refractivity contribution in [3.8, 4) is 12.3 Å². The maximum atomic E-state index is 5.85. The van der Waals surface area contributed by atoms with Crippen LogP contribution in [0.5, 0.6) is 0 Å². The van der Waals surface area contributed by atoms with Gasteiger partial charge >= 0.3 is 0 Å². The van der Waals surface area contributed by atoms with Crippen LogP contribution in [0.15, 0.2) is 12.1 Å². The van der Waals surface area contributed by atoms with Crippen LogP contribution >= 0.6 is 22.9 Å². The molecule has 1 unspecified atom stereocenters. The summed E-state index contributed by atoms with van der Waals surface area (Å²) < 4.78 is 0.830. The Hall–Kier alpha value is -0.490. The number of thiophene rings is 1. The predicted octanol–water partition coefficient (Wildman–Crippen LogP) is 3.08. The van der Waals surface area contributed by atoms with Gasteiger partial charge in [-0.05, 0) is 18.6 Å². The Labute approximate surface area is 88.1 Å². The highest BCUT2D eigenvalue weighted by Crippen LogP contribution is 2.28. The average molecular weight is 214 g/mol. The molecule has 0 bridgehead atoms. The molecule has 0 amide bonds. The smallest absolute Gasteiger partial charge is 0.0931 e. The van der Waals surface area contributed by atoms with Crippen molar-refractivity contribution >= 4 is 22.9 Å². The van der Waals surface area contributed by atoms with Gasteiger partial charge in [0.2, 0.25) is 0 Å². The van der Waals surface area contributed by atoms with Gasteiger partial charge in [0, 0.05) is 10.9 Å². The van der Waals surface area contributed by atoms with Crippen LogP contribution in [0.25, 0.3) is 0 Å². The second kappa shape index (κ2) is 5.29. The zero-order valence-electron chi connectivity index (χ0n) is 7.51. The van der Waals surface area contributed by atoms with Gasteiger partial charge < -0.3 is 0 Å². The van der Waals surface area contributed by atoms with E-state index in [4.69, 9.17) is 18.0 Å². The average Bonchev–Trinajstić information content (AvgIpc) is 2.54. The van der Waals surface area contributed by atoms with Crippen LogP contribution in [-0.4, -0.2) is 6.54 Å². The van der Waals surface area contributed by atoms with Crippen molar-refractivity contribution < 1.29 is 0 Å². The number of hydrogen-bond acceptors (Lipinski definition) is 2. The van der Waals surface area contributed by atoms with Crippen molar-refractivity contribution in [3.63, 3.8) is 0 Å². The minimum Gasteiger partial charge on any atom is -0.299 e. The molecule has 0 fully saturated rings. The zero-order chi connectivity index (χ0) is 9.68. The molecule has 13 heavy (non-hydrogen) atoms. The van der Waals surface area contributed by atoms with Gasteiger partial charge in [0.15, 0.2) is 0 Å². The van der Waals surface area contributed by atoms with E-state index in [9.17, 15) is 0 Å². The number of terminal acetylenes is 1. The van der Waals surface area contributed by atoms with Crippen molar-refractivity contribution in [2.24, 2.45) is 0 Å². The number of rotatable bonds is 4. The van der Waals surface area contributed by atoms with Crippen LogP contribution in [0.4, 0.5) is 0 Å². The summed E-state index contributed by atoms with van der Waals surface area (Å²) in [5.74, 6) is 2.57. The summed E-state index contributed by atoms with van der Waals surface area (Å²) in [5.41, 5.74) is 0. The molecule has 0 spiro atoms. The third-order valence-electron chi connectivity index (χ3n) is 1.80. The largest absolute Gasteiger partial charge is 0.299 e. The van der Waals surface area contributed by atoms with Gasteiger partial charge in [-0.25, -0.2) is 0 Å².